The van der Waals surface area contributed by atoms with Gasteiger partial charge >= 0.3 is 0 Å². The Morgan fingerprint density at radius 2 is 2.03 bits per heavy atom. The summed E-state index contributed by atoms with van der Waals surface area (Å²) in [5.41, 5.74) is 1.04. The average Bonchev–Trinajstić information content (AvgIpc) is 3.19. The van der Waals surface area contributed by atoms with Crippen molar-refractivity contribution in [1.82, 2.24) is 19.8 Å². The zero-order valence-electron chi connectivity index (χ0n) is 18.2. The van der Waals surface area contributed by atoms with Gasteiger partial charge in [-0.2, -0.15) is 4.31 Å². The molecule has 1 amide bonds. The summed E-state index contributed by atoms with van der Waals surface area (Å²) in [6.45, 7) is 1.56. The number of fused-ring (bicyclic) bond motifs is 1. The molecule has 2 N–H and O–H groups in total. The molecule has 2 atom stereocenters. The van der Waals surface area contributed by atoms with E-state index < -0.39 is 10.0 Å². The SMILES string of the molecule is CN(C)C(=O)CN=C(NC[C@H]1CCCN1S(C)(=O)=O)NC1CCOc2ccccc21.I. The number of ether oxygens (including phenoxy) is 1. The normalized spacial score (nSPS) is 21.5. The molecule has 1 aromatic carbocycles. The first-order valence-corrected chi connectivity index (χ1v) is 12.0. The monoisotopic (exact) mass is 565 g/mol. The number of sulfonamides is 1. The molecule has 174 valence electrons. The highest BCUT2D eigenvalue weighted by molar-refractivity contribution is 14.0. The molecule has 0 spiro atoms. The molecule has 1 aromatic rings. The number of hydrogen-bond acceptors (Lipinski definition) is 5. The lowest BCUT2D eigenvalue weighted by Crippen LogP contribution is -2.47. The van der Waals surface area contributed by atoms with Gasteiger partial charge in [0.05, 0.1) is 18.9 Å². The average molecular weight is 565 g/mol. The summed E-state index contributed by atoms with van der Waals surface area (Å²) in [5.74, 6) is 1.22. The van der Waals surface area contributed by atoms with Crippen LogP contribution in [0.2, 0.25) is 0 Å². The largest absolute Gasteiger partial charge is 0.493 e. The fraction of sp³-hybridized carbons (Fsp3) is 0.600. The van der Waals surface area contributed by atoms with Crippen LogP contribution < -0.4 is 15.4 Å². The van der Waals surface area contributed by atoms with E-state index in [9.17, 15) is 13.2 Å². The molecule has 2 heterocycles. The summed E-state index contributed by atoms with van der Waals surface area (Å²) in [6.07, 6.45) is 3.64. The summed E-state index contributed by atoms with van der Waals surface area (Å²) < 4.78 is 31.3. The Labute approximate surface area is 201 Å². The zero-order chi connectivity index (χ0) is 21.7. The molecule has 0 radical (unpaired) electrons. The third-order valence-electron chi connectivity index (χ3n) is 5.39. The van der Waals surface area contributed by atoms with Gasteiger partial charge in [0.15, 0.2) is 5.96 Å². The second kappa shape index (κ2) is 11.3. The predicted molar refractivity (Wildman–Crippen MR) is 131 cm³/mol. The van der Waals surface area contributed by atoms with E-state index in [1.165, 1.54) is 15.5 Å². The van der Waals surface area contributed by atoms with E-state index in [1.807, 2.05) is 24.3 Å². The molecule has 0 bridgehead atoms. The van der Waals surface area contributed by atoms with E-state index >= 15 is 0 Å². The number of para-hydroxylation sites is 1. The van der Waals surface area contributed by atoms with Crippen molar-refractivity contribution in [1.29, 1.82) is 0 Å². The molecular weight excluding hydrogens is 533 g/mol. The van der Waals surface area contributed by atoms with Crippen LogP contribution in [0.4, 0.5) is 0 Å². The van der Waals surface area contributed by atoms with Crippen LogP contribution in [-0.2, 0) is 14.8 Å². The fourth-order valence-corrected chi connectivity index (χ4v) is 4.94. The number of likely N-dealkylation sites (N-methyl/N-ethyl adjacent to an activating group) is 1. The van der Waals surface area contributed by atoms with Gasteiger partial charge in [0, 0.05) is 45.2 Å². The highest BCUT2D eigenvalue weighted by Crippen LogP contribution is 2.31. The molecule has 1 fully saturated rings. The molecule has 1 saturated heterocycles. The second-order valence-corrected chi connectivity index (χ2v) is 9.81. The van der Waals surface area contributed by atoms with Crippen molar-refractivity contribution in [2.75, 3.05) is 46.6 Å². The molecule has 2 aliphatic heterocycles. The van der Waals surface area contributed by atoms with Gasteiger partial charge in [-0.3, -0.25) is 4.79 Å². The van der Waals surface area contributed by atoms with Gasteiger partial charge in [-0.15, -0.1) is 24.0 Å². The lowest BCUT2D eigenvalue weighted by Gasteiger charge is -2.29. The number of carbonyl (C=O) groups excluding carboxylic acids is 1. The van der Waals surface area contributed by atoms with Crippen molar-refractivity contribution in [2.45, 2.75) is 31.3 Å². The van der Waals surface area contributed by atoms with Crippen LogP contribution in [0.3, 0.4) is 0 Å². The number of nitrogens with one attached hydrogen (secondary N) is 2. The van der Waals surface area contributed by atoms with Crippen LogP contribution in [0.25, 0.3) is 0 Å². The summed E-state index contributed by atoms with van der Waals surface area (Å²) in [4.78, 5) is 18.0. The topological polar surface area (TPSA) is 103 Å². The second-order valence-electron chi connectivity index (χ2n) is 7.88. The Kier molecular flexibility index (Phi) is 9.37. The third-order valence-corrected chi connectivity index (χ3v) is 6.73. The van der Waals surface area contributed by atoms with E-state index in [-0.39, 0.29) is 48.5 Å². The van der Waals surface area contributed by atoms with Gasteiger partial charge < -0.3 is 20.3 Å². The summed E-state index contributed by atoms with van der Waals surface area (Å²) in [5, 5.41) is 6.66. The minimum absolute atomic E-state index is 0. The standard InChI is InChI=1S/C20H31N5O4S.HI/c1-24(2)19(26)14-22-20(21-13-15-7-6-11-25(15)30(3,27)28)23-17-10-12-29-18-9-5-4-8-16(17)18;/h4-5,8-9,15,17H,6-7,10-14H2,1-3H3,(H2,21,22,23);1H/t15-,17?;/m1./s1. The van der Waals surface area contributed by atoms with Gasteiger partial charge in [0.1, 0.15) is 12.3 Å². The Morgan fingerprint density at radius 3 is 2.74 bits per heavy atom. The van der Waals surface area contributed by atoms with Crippen LogP contribution in [0.15, 0.2) is 29.3 Å². The van der Waals surface area contributed by atoms with Crippen LogP contribution in [0, 0.1) is 0 Å². The lowest BCUT2D eigenvalue weighted by atomic mass is 10.0. The number of halogens is 1. The molecular formula is C20H32IN5O4S. The smallest absolute Gasteiger partial charge is 0.243 e. The molecule has 3 rings (SSSR count). The van der Waals surface area contributed by atoms with E-state index in [2.05, 4.69) is 15.6 Å². The first kappa shape index (κ1) is 25.7. The number of amides is 1. The third kappa shape index (κ3) is 6.94. The van der Waals surface area contributed by atoms with E-state index in [0.717, 1.165) is 30.6 Å². The maximum absolute atomic E-state index is 12.0. The van der Waals surface area contributed by atoms with Crippen molar-refractivity contribution in [3.8, 4) is 5.75 Å². The minimum Gasteiger partial charge on any atom is -0.493 e. The summed E-state index contributed by atoms with van der Waals surface area (Å²) >= 11 is 0. The van der Waals surface area contributed by atoms with Crippen molar-refractivity contribution >= 4 is 45.9 Å². The number of nitrogens with zero attached hydrogens (tertiary/aromatic N) is 3. The van der Waals surface area contributed by atoms with Crippen LogP contribution in [0.5, 0.6) is 5.75 Å². The molecule has 0 aromatic heterocycles. The first-order valence-electron chi connectivity index (χ1n) is 10.2. The van der Waals surface area contributed by atoms with Gasteiger partial charge in [-0.1, -0.05) is 18.2 Å². The molecule has 11 heteroatoms. The molecule has 1 unspecified atom stereocenters. The summed E-state index contributed by atoms with van der Waals surface area (Å²) in [7, 11) is 0.132. The number of rotatable bonds is 6. The van der Waals surface area contributed by atoms with Gasteiger partial charge in [0.25, 0.3) is 0 Å². The molecule has 0 saturated carbocycles. The highest BCUT2D eigenvalue weighted by Gasteiger charge is 2.31. The van der Waals surface area contributed by atoms with Crippen LogP contribution in [-0.4, -0.2) is 82.1 Å². The van der Waals surface area contributed by atoms with Crippen molar-refractivity contribution in [3.63, 3.8) is 0 Å². The Balaban J connectivity index is 0.00000341. The van der Waals surface area contributed by atoms with Crippen LogP contribution >= 0.6 is 24.0 Å². The maximum Gasteiger partial charge on any atom is 0.243 e. The molecule has 0 aliphatic carbocycles. The van der Waals surface area contributed by atoms with Crippen molar-refractivity contribution in [2.24, 2.45) is 4.99 Å². The van der Waals surface area contributed by atoms with Crippen LogP contribution in [0.1, 0.15) is 30.9 Å². The number of benzene rings is 1. The van der Waals surface area contributed by atoms with Gasteiger partial charge in [-0.25, -0.2) is 13.4 Å². The van der Waals surface area contributed by atoms with Gasteiger partial charge in [-0.05, 0) is 18.9 Å². The Morgan fingerprint density at radius 1 is 1.29 bits per heavy atom. The lowest BCUT2D eigenvalue weighted by molar-refractivity contribution is -0.127. The predicted octanol–water partition coefficient (Wildman–Crippen LogP) is 1.18. The number of guanidine groups is 1. The van der Waals surface area contributed by atoms with Gasteiger partial charge in [0.2, 0.25) is 15.9 Å². The number of carbonyl (C=O) groups is 1. The summed E-state index contributed by atoms with van der Waals surface area (Å²) in [6, 6.07) is 7.71. The highest BCUT2D eigenvalue weighted by atomic mass is 127. The Hall–Kier alpha value is -1.60. The Bertz CT molecular complexity index is 893. The first-order chi connectivity index (χ1) is 14.3. The molecule has 2 aliphatic rings. The minimum atomic E-state index is -3.25. The molecule has 9 nitrogen and oxygen atoms in total. The molecule has 31 heavy (non-hydrogen) atoms. The van der Waals surface area contributed by atoms with Crippen molar-refractivity contribution < 1.29 is 17.9 Å². The number of aliphatic imine (C=N–C) groups is 1. The quantitative estimate of drug-likeness (QED) is 0.305. The zero-order valence-corrected chi connectivity index (χ0v) is 21.4. The fourth-order valence-electron chi connectivity index (χ4n) is 3.76. The maximum atomic E-state index is 12.0. The van der Waals surface area contributed by atoms with E-state index in [4.69, 9.17) is 4.74 Å². The van der Waals surface area contributed by atoms with E-state index in [0.29, 0.717) is 25.7 Å². The van der Waals surface area contributed by atoms with Crippen molar-refractivity contribution in [3.05, 3.63) is 29.8 Å². The number of hydrogen-bond donors (Lipinski definition) is 2. The van der Waals surface area contributed by atoms with E-state index in [1.54, 1.807) is 14.1 Å².